The highest BCUT2D eigenvalue weighted by atomic mass is 15.0. The average molecular weight is 236 g/mol. The van der Waals surface area contributed by atoms with Gasteiger partial charge in [0.15, 0.2) is 5.82 Å². The summed E-state index contributed by atoms with van der Waals surface area (Å²) in [6.45, 7) is 0. The normalized spacial score (nSPS) is 10.5. The van der Waals surface area contributed by atoms with Gasteiger partial charge < -0.3 is 4.57 Å². The minimum absolute atomic E-state index is 0.738. The molecule has 2 heterocycles. The third-order valence-corrected chi connectivity index (χ3v) is 2.80. The maximum Gasteiger partial charge on any atom is 0.159 e. The van der Waals surface area contributed by atoms with E-state index >= 15 is 0 Å². The molecule has 0 aliphatic rings. The molecule has 0 saturated heterocycles. The standard InChI is InChI=1S/C14H12N4/c1-18-10-15-9-13(18)12-7-16-14(17-8-12)11-5-3-2-4-6-11/h2-10H,1H3. The summed E-state index contributed by atoms with van der Waals surface area (Å²) in [5.74, 6) is 0.738. The van der Waals surface area contributed by atoms with E-state index in [0.29, 0.717) is 0 Å². The van der Waals surface area contributed by atoms with Crippen LogP contribution in [0, 0.1) is 0 Å². The molecule has 0 unspecified atom stereocenters. The van der Waals surface area contributed by atoms with Crippen LogP contribution in [0.1, 0.15) is 0 Å². The van der Waals surface area contributed by atoms with Crippen LogP contribution >= 0.6 is 0 Å². The van der Waals surface area contributed by atoms with Crippen molar-refractivity contribution in [3.63, 3.8) is 0 Å². The summed E-state index contributed by atoms with van der Waals surface area (Å²) in [6.07, 6.45) is 7.22. The van der Waals surface area contributed by atoms with E-state index in [9.17, 15) is 0 Å². The Morgan fingerprint density at radius 1 is 0.889 bits per heavy atom. The number of imidazole rings is 1. The molecule has 3 rings (SSSR count). The van der Waals surface area contributed by atoms with E-state index in [0.717, 1.165) is 22.6 Å². The van der Waals surface area contributed by atoms with Crippen molar-refractivity contribution in [3.05, 3.63) is 55.2 Å². The smallest absolute Gasteiger partial charge is 0.159 e. The second kappa shape index (κ2) is 4.41. The zero-order valence-corrected chi connectivity index (χ0v) is 9.99. The molecule has 0 N–H and O–H groups in total. The van der Waals surface area contributed by atoms with Crippen LogP contribution in [0.5, 0.6) is 0 Å². The van der Waals surface area contributed by atoms with Gasteiger partial charge in [0.1, 0.15) is 0 Å². The fourth-order valence-electron chi connectivity index (χ4n) is 1.83. The van der Waals surface area contributed by atoms with Crippen LogP contribution in [0.3, 0.4) is 0 Å². The molecule has 0 atom stereocenters. The van der Waals surface area contributed by atoms with E-state index in [1.54, 1.807) is 12.5 Å². The molecule has 0 saturated carbocycles. The molecule has 0 amide bonds. The number of nitrogens with zero attached hydrogens (tertiary/aromatic N) is 4. The predicted octanol–water partition coefficient (Wildman–Crippen LogP) is 2.54. The van der Waals surface area contributed by atoms with E-state index < -0.39 is 0 Å². The molecular weight excluding hydrogens is 224 g/mol. The highest BCUT2D eigenvalue weighted by Crippen LogP contribution is 2.19. The number of aromatic nitrogens is 4. The van der Waals surface area contributed by atoms with Gasteiger partial charge in [0.25, 0.3) is 0 Å². The zero-order valence-electron chi connectivity index (χ0n) is 9.99. The summed E-state index contributed by atoms with van der Waals surface area (Å²) < 4.78 is 1.95. The van der Waals surface area contributed by atoms with E-state index in [1.165, 1.54) is 0 Å². The number of benzene rings is 1. The van der Waals surface area contributed by atoms with Gasteiger partial charge >= 0.3 is 0 Å². The van der Waals surface area contributed by atoms with Gasteiger partial charge in [0.05, 0.1) is 18.2 Å². The topological polar surface area (TPSA) is 43.6 Å². The second-order valence-electron chi connectivity index (χ2n) is 4.05. The van der Waals surface area contributed by atoms with Gasteiger partial charge in [-0.2, -0.15) is 0 Å². The van der Waals surface area contributed by atoms with Crippen molar-refractivity contribution in [2.45, 2.75) is 0 Å². The van der Waals surface area contributed by atoms with Crippen molar-refractivity contribution in [2.75, 3.05) is 0 Å². The first-order valence-electron chi connectivity index (χ1n) is 5.69. The SMILES string of the molecule is Cn1cncc1-c1cnc(-c2ccccc2)nc1. The molecule has 0 radical (unpaired) electrons. The minimum Gasteiger partial charge on any atom is -0.334 e. The lowest BCUT2D eigenvalue weighted by Gasteiger charge is -2.03. The first kappa shape index (κ1) is 10.7. The van der Waals surface area contributed by atoms with Crippen LogP contribution in [0.25, 0.3) is 22.6 Å². The second-order valence-corrected chi connectivity index (χ2v) is 4.05. The third kappa shape index (κ3) is 1.88. The first-order valence-corrected chi connectivity index (χ1v) is 5.69. The maximum absolute atomic E-state index is 4.39. The predicted molar refractivity (Wildman–Crippen MR) is 69.7 cm³/mol. The van der Waals surface area contributed by atoms with Crippen molar-refractivity contribution in [1.82, 2.24) is 19.5 Å². The summed E-state index contributed by atoms with van der Waals surface area (Å²) in [4.78, 5) is 12.9. The van der Waals surface area contributed by atoms with Crippen molar-refractivity contribution in [2.24, 2.45) is 7.05 Å². The molecule has 0 aliphatic carbocycles. The van der Waals surface area contributed by atoms with Crippen LogP contribution in [0.4, 0.5) is 0 Å². The molecule has 88 valence electrons. The van der Waals surface area contributed by atoms with Crippen molar-refractivity contribution < 1.29 is 0 Å². The van der Waals surface area contributed by atoms with Gasteiger partial charge in [0, 0.05) is 30.6 Å². The summed E-state index contributed by atoms with van der Waals surface area (Å²) in [7, 11) is 1.95. The van der Waals surface area contributed by atoms with Gasteiger partial charge in [-0.15, -0.1) is 0 Å². The first-order chi connectivity index (χ1) is 8.84. The molecule has 2 aromatic heterocycles. The van der Waals surface area contributed by atoms with E-state index in [-0.39, 0.29) is 0 Å². The lowest BCUT2D eigenvalue weighted by Crippen LogP contribution is -1.93. The Balaban J connectivity index is 1.97. The fourth-order valence-corrected chi connectivity index (χ4v) is 1.83. The Bertz CT molecular complexity index is 641. The summed E-state index contributed by atoms with van der Waals surface area (Å²) in [6, 6.07) is 9.94. The van der Waals surface area contributed by atoms with Gasteiger partial charge in [0.2, 0.25) is 0 Å². The number of rotatable bonds is 2. The van der Waals surface area contributed by atoms with Gasteiger partial charge in [-0.05, 0) is 0 Å². The van der Waals surface area contributed by atoms with Crippen molar-refractivity contribution >= 4 is 0 Å². The monoisotopic (exact) mass is 236 g/mol. The molecular formula is C14H12N4. The van der Waals surface area contributed by atoms with Crippen molar-refractivity contribution in [1.29, 1.82) is 0 Å². The Hall–Kier alpha value is -2.49. The van der Waals surface area contributed by atoms with Crippen LogP contribution < -0.4 is 0 Å². The molecule has 1 aromatic carbocycles. The van der Waals surface area contributed by atoms with E-state index in [4.69, 9.17) is 0 Å². The third-order valence-electron chi connectivity index (χ3n) is 2.80. The van der Waals surface area contributed by atoms with Gasteiger partial charge in [-0.25, -0.2) is 15.0 Å². The number of hydrogen-bond donors (Lipinski definition) is 0. The largest absolute Gasteiger partial charge is 0.334 e. The van der Waals surface area contributed by atoms with Gasteiger partial charge in [-0.3, -0.25) is 0 Å². The van der Waals surface area contributed by atoms with E-state index in [2.05, 4.69) is 15.0 Å². The Labute approximate surface area is 105 Å². The molecule has 0 bridgehead atoms. The minimum atomic E-state index is 0.738. The quantitative estimate of drug-likeness (QED) is 0.686. The fraction of sp³-hybridized carbons (Fsp3) is 0.0714. The molecule has 4 heteroatoms. The molecule has 0 fully saturated rings. The molecule has 4 nitrogen and oxygen atoms in total. The summed E-state index contributed by atoms with van der Waals surface area (Å²) >= 11 is 0. The molecule has 0 aliphatic heterocycles. The Morgan fingerprint density at radius 3 is 2.22 bits per heavy atom. The Morgan fingerprint density at radius 2 is 1.61 bits per heavy atom. The zero-order chi connectivity index (χ0) is 12.4. The number of aryl methyl sites for hydroxylation is 1. The van der Waals surface area contributed by atoms with Crippen molar-refractivity contribution in [3.8, 4) is 22.6 Å². The highest BCUT2D eigenvalue weighted by Gasteiger charge is 2.05. The molecule has 0 spiro atoms. The number of hydrogen-bond acceptors (Lipinski definition) is 3. The highest BCUT2D eigenvalue weighted by molar-refractivity contribution is 5.60. The lowest BCUT2D eigenvalue weighted by molar-refractivity contribution is 0.919. The van der Waals surface area contributed by atoms with Gasteiger partial charge in [-0.1, -0.05) is 30.3 Å². The lowest BCUT2D eigenvalue weighted by atomic mass is 10.2. The van der Waals surface area contributed by atoms with Crippen LogP contribution in [-0.4, -0.2) is 19.5 Å². The molecule has 18 heavy (non-hydrogen) atoms. The Kier molecular flexibility index (Phi) is 2.61. The van der Waals surface area contributed by atoms with E-state index in [1.807, 2.05) is 54.3 Å². The summed E-state index contributed by atoms with van der Waals surface area (Å²) in [5.41, 5.74) is 3.00. The van der Waals surface area contributed by atoms with Crippen LogP contribution in [0.15, 0.2) is 55.2 Å². The molecule has 3 aromatic rings. The van der Waals surface area contributed by atoms with Crippen LogP contribution in [-0.2, 0) is 7.05 Å². The maximum atomic E-state index is 4.39. The summed E-state index contributed by atoms with van der Waals surface area (Å²) in [5, 5.41) is 0. The average Bonchev–Trinajstić information content (AvgIpc) is 2.86. The van der Waals surface area contributed by atoms with Crippen LogP contribution in [0.2, 0.25) is 0 Å².